The Hall–Kier alpha value is -2.49. The molecule has 3 rings (SSSR count). The molecule has 19 heavy (non-hydrogen) atoms. The lowest BCUT2D eigenvalue weighted by Crippen LogP contribution is -2.09. The minimum atomic E-state index is -0.0262. The maximum atomic E-state index is 12.6. The second-order valence-electron chi connectivity index (χ2n) is 4.50. The van der Waals surface area contributed by atoms with Gasteiger partial charge in [0.25, 0.3) is 0 Å². The minimum Gasteiger partial charge on any atom is -0.287 e. The van der Waals surface area contributed by atoms with Gasteiger partial charge in [0.05, 0.1) is 5.52 Å². The van der Waals surface area contributed by atoms with Crippen molar-refractivity contribution in [2.45, 2.75) is 6.92 Å². The standard InChI is InChI=1S/C15H13N3O/c1-10-9-12(11-5-3-4-6-13(11)17-10)15(19)14-7-8-16-18(14)2/h3-9H,1-2H3. The van der Waals surface area contributed by atoms with Gasteiger partial charge in [-0.3, -0.25) is 14.5 Å². The lowest BCUT2D eigenvalue weighted by Gasteiger charge is -2.07. The van der Waals surface area contributed by atoms with Crippen LogP contribution < -0.4 is 0 Å². The van der Waals surface area contributed by atoms with Gasteiger partial charge in [-0.1, -0.05) is 18.2 Å². The molecule has 0 saturated carbocycles. The maximum absolute atomic E-state index is 12.6. The molecule has 0 N–H and O–H groups in total. The first-order chi connectivity index (χ1) is 9.16. The Kier molecular flexibility index (Phi) is 2.63. The van der Waals surface area contributed by atoms with E-state index in [1.165, 1.54) is 0 Å². The highest BCUT2D eigenvalue weighted by Gasteiger charge is 2.16. The normalized spacial score (nSPS) is 10.8. The highest BCUT2D eigenvalue weighted by atomic mass is 16.1. The number of pyridine rings is 1. The van der Waals surface area contributed by atoms with Crippen molar-refractivity contribution in [2.24, 2.45) is 7.05 Å². The van der Waals surface area contributed by atoms with Crippen LogP contribution in [-0.2, 0) is 7.05 Å². The van der Waals surface area contributed by atoms with Gasteiger partial charge in [0, 0.05) is 29.9 Å². The van der Waals surface area contributed by atoms with Crippen molar-refractivity contribution in [1.82, 2.24) is 14.8 Å². The number of ketones is 1. The summed E-state index contributed by atoms with van der Waals surface area (Å²) in [6.45, 7) is 1.90. The zero-order valence-corrected chi connectivity index (χ0v) is 10.8. The molecule has 94 valence electrons. The number of para-hydroxylation sites is 1. The number of fused-ring (bicyclic) bond motifs is 1. The molecule has 2 aromatic heterocycles. The van der Waals surface area contributed by atoms with E-state index < -0.39 is 0 Å². The Morgan fingerprint density at radius 3 is 2.74 bits per heavy atom. The van der Waals surface area contributed by atoms with Crippen molar-refractivity contribution in [3.63, 3.8) is 0 Å². The van der Waals surface area contributed by atoms with Gasteiger partial charge in [0.15, 0.2) is 0 Å². The molecule has 0 fully saturated rings. The molecule has 0 spiro atoms. The van der Waals surface area contributed by atoms with Crippen LogP contribution >= 0.6 is 0 Å². The fourth-order valence-corrected chi connectivity index (χ4v) is 2.23. The third-order valence-corrected chi connectivity index (χ3v) is 3.14. The predicted molar refractivity (Wildman–Crippen MR) is 73.1 cm³/mol. The number of aryl methyl sites for hydroxylation is 2. The maximum Gasteiger partial charge on any atom is 0.211 e. The number of carbonyl (C=O) groups excluding carboxylic acids is 1. The van der Waals surface area contributed by atoms with Crippen LogP contribution in [0.4, 0.5) is 0 Å². The SMILES string of the molecule is Cc1cc(C(=O)c2ccnn2C)c2ccccc2n1. The van der Waals surface area contributed by atoms with Crippen LogP contribution in [0.3, 0.4) is 0 Å². The second kappa shape index (κ2) is 4.31. The number of hydrogen-bond donors (Lipinski definition) is 0. The van der Waals surface area contributed by atoms with Crippen LogP contribution in [0.2, 0.25) is 0 Å². The Morgan fingerprint density at radius 2 is 2.00 bits per heavy atom. The van der Waals surface area contributed by atoms with Crippen LogP contribution in [0.25, 0.3) is 10.9 Å². The molecule has 4 nitrogen and oxygen atoms in total. The highest BCUT2D eigenvalue weighted by molar-refractivity contribution is 6.15. The smallest absolute Gasteiger partial charge is 0.211 e. The van der Waals surface area contributed by atoms with Gasteiger partial charge in [-0.05, 0) is 25.1 Å². The van der Waals surface area contributed by atoms with E-state index in [1.54, 1.807) is 24.0 Å². The summed E-state index contributed by atoms with van der Waals surface area (Å²) in [6.07, 6.45) is 1.63. The number of aromatic nitrogens is 3. The van der Waals surface area contributed by atoms with Crippen molar-refractivity contribution in [3.8, 4) is 0 Å². The zero-order chi connectivity index (χ0) is 13.4. The summed E-state index contributed by atoms with van der Waals surface area (Å²) in [7, 11) is 1.77. The second-order valence-corrected chi connectivity index (χ2v) is 4.50. The topological polar surface area (TPSA) is 47.8 Å². The number of benzene rings is 1. The van der Waals surface area contributed by atoms with E-state index in [-0.39, 0.29) is 5.78 Å². The van der Waals surface area contributed by atoms with Crippen LogP contribution in [0.1, 0.15) is 21.7 Å². The number of rotatable bonds is 2. The molecule has 0 saturated heterocycles. The Bertz CT molecular complexity index is 774. The minimum absolute atomic E-state index is 0.0262. The molecule has 3 aromatic rings. The van der Waals surface area contributed by atoms with Gasteiger partial charge in [0.2, 0.25) is 5.78 Å². The van der Waals surface area contributed by atoms with E-state index in [0.29, 0.717) is 11.3 Å². The van der Waals surface area contributed by atoms with Gasteiger partial charge in [-0.2, -0.15) is 5.10 Å². The molecular formula is C15H13N3O. The first-order valence-electron chi connectivity index (χ1n) is 6.06. The predicted octanol–water partition coefficient (Wildman–Crippen LogP) is 2.51. The summed E-state index contributed by atoms with van der Waals surface area (Å²) < 4.78 is 1.59. The van der Waals surface area contributed by atoms with Crippen molar-refractivity contribution in [3.05, 3.63) is 59.5 Å². The molecule has 0 amide bonds. The zero-order valence-electron chi connectivity index (χ0n) is 10.8. The van der Waals surface area contributed by atoms with Crippen LogP contribution in [0.15, 0.2) is 42.6 Å². The fraction of sp³-hybridized carbons (Fsp3) is 0.133. The summed E-state index contributed by atoms with van der Waals surface area (Å²) in [5, 5.41) is 4.92. The Labute approximate surface area is 110 Å². The molecule has 0 bridgehead atoms. The van der Waals surface area contributed by atoms with Crippen molar-refractivity contribution < 1.29 is 4.79 Å². The fourth-order valence-electron chi connectivity index (χ4n) is 2.23. The van der Waals surface area contributed by atoms with E-state index in [9.17, 15) is 4.79 Å². The van der Waals surface area contributed by atoms with Crippen LogP contribution in [0.5, 0.6) is 0 Å². The van der Waals surface area contributed by atoms with Crippen molar-refractivity contribution >= 4 is 16.7 Å². The summed E-state index contributed by atoms with van der Waals surface area (Å²) in [5.74, 6) is -0.0262. The van der Waals surface area contributed by atoms with Crippen molar-refractivity contribution in [2.75, 3.05) is 0 Å². The van der Waals surface area contributed by atoms with Crippen LogP contribution in [0, 0.1) is 6.92 Å². The van der Waals surface area contributed by atoms with Gasteiger partial charge >= 0.3 is 0 Å². The molecule has 0 aliphatic rings. The summed E-state index contributed by atoms with van der Waals surface area (Å²) >= 11 is 0. The summed E-state index contributed by atoms with van der Waals surface area (Å²) in [5.41, 5.74) is 2.93. The van der Waals surface area contributed by atoms with Gasteiger partial charge in [-0.15, -0.1) is 0 Å². The van der Waals surface area contributed by atoms with Gasteiger partial charge < -0.3 is 0 Å². The monoisotopic (exact) mass is 251 g/mol. The highest BCUT2D eigenvalue weighted by Crippen LogP contribution is 2.20. The average molecular weight is 251 g/mol. The van der Waals surface area contributed by atoms with Crippen molar-refractivity contribution in [1.29, 1.82) is 0 Å². The van der Waals surface area contributed by atoms with E-state index >= 15 is 0 Å². The first kappa shape index (κ1) is 11.6. The molecule has 0 atom stereocenters. The molecular weight excluding hydrogens is 238 g/mol. The molecule has 1 aromatic carbocycles. The van der Waals surface area contributed by atoms with E-state index in [2.05, 4.69) is 10.1 Å². The molecule has 0 radical (unpaired) electrons. The molecule has 0 aliphatic heterocycles. The Balaban J connectivity index is 2.25. The van der Waals surface area contributed by atoms with E-state index in [4.69, 9.17) is 0 Å². The lowest BCUT2D eigenvalue weighted by molar-refractivity contribution is 0.103. The molecule has 4 heteroatoms. The number of hydrogen-bond acceptors (Lipinski definition) is 3. The first-order valence-corrected chi connectivity index (χ1v) is 6.06. The van der Waals surface area contributed by atoms with E-state index in [1.807, 2.05) is 37.3 Å². The molecule has 2 heterocycles. The van der Waals surface area contributed by atoms with Crippen LogP contribution in [-0.4, -0.2) is 20.5 Å². The number of nitrogens with zero attached hydrogens (tertiary/aromatic N) is 3. The Morgan fingerprint density at radius 1 is 1.21 bits per heavy atom. The quantitative estimate of drug-likeness (QED) is 0.657. The van der Waals surface area contributed by atoms with Gasteiger partial charge in [0.1, 0.15) is 5.69 Å². The third kappa shape index (κ3) is 1.91. The largest absolute Gasteiger partial charge is 0.287 e. The summed E-state index contributed by atoms with van der Waals surface area (Å²) in [4.78, 5) is 17.1. The average Bonchev–Trinajstić information content (AvgIpc) is 2.83. The third-order valence-electron chi connectivity index (χ3n) is 3.14. The number of carbonyl (C=O) groups is 1. The van der Waals surface area contributed by atoms with E-state index in [0.717, 1.165) is 16.6 Å². The molecule has 0 aliphatic carbocycles. The summed E-state index contributed by atoms with van der Waals surface area (Å²) in [6, 6.07) is 11.2. The lowest BCUT2D eigenvalue weighted by atomic mass is 10.0. The molecule has 0 unspecified atom stereocenters. The van der Waals surface area contributed by atoms with Gasteiger partial charge in [-0.25, -0.2) is 0 Å².